The Bertz CT molecular complexity index is 327. The van der Waals surface area contributed by atoms with Crippen LogP contribution < -0.4 is 4.74 Å². The molecule has 0 saturated carbocycles. The van der Waals surface area contributed by atoms with E-state index in [9.17, 15) is 5.11 Å². The van der Waals surface area contributed by atoms with Crippen LogP contribution in [0.3, 0.4) is 0 Å². The molecule has 1 aromatic carbocycles. The van der Waals surface area contributed by atoms with Gasteiger partial charge in [-0.2, -0.15) is 0 Å². The lowest BCUT2D eigenvalue weighted by molar-refractivity contribution is 0.232. The Balaban J connectivity index is 2.91. The van der Waals surface area contributed by atoms with E-state index < -0.39 is 6.10 Å². The van der Waals surface area contributed by atoms with Gasteiger partial charge in [-0.3, -0.25) is 0 Å². The third kappa shape index (κ3) is 2.89. The van der Waals surface area contributed by atoms with E-state index >= 15 is 0 Å². The first-order valence-corrected chi connectivity index (χ1v) is 4.64. The van der Waals surface area contributed by atoms with Crippen molar-refractivity contribution in [2.75, 3.05) is 7.11 Å². The van der Waals surface area contributed by atoms with Crippen molar-refractivity contribution >= 4 is 6.08 Å². The second-order valence-electron chi connectivity index (χ2n) is 3.34. The summed E-state index contributed by atoms with van der Waals surface area (Å²) in [6.45, 7) is 3.66. The molecule has 1 atom stereocenters. The quantitative estimate of drug-likeness (QED) is 0.797. The highest BCUT2D eigenvalue weighted by Crippen LogP contribution is 2.16. The molecule has 76 valence electrons. The smallest absolute Gasteiger partial charge is 0.119 e. The van der Waals surface area contributed by atoms with E-state index in [2.05, 4.69) is 0 Å². The lowest BCUT2D eigenvalue weighted by Gasteiger charge is -2.05. The predicted molar refractivity (Wildman–Crippen MR) is 58.3 cm³/mol. The van der Waals surface area contributed by atoms with Gasteiger partial charge in [0.15, 0.2) is 0 Å². The van der Waals surface area contributed by atoms with Crippen LogP contribution in [-0.4, -0.2) is 18.3 Å². The predicted octanol–water partition coefficient (Wildman–Crippen LogP) is 2.48. The molecule has 0 spiro atoms. The number of rotatable bonds is 3. The zero-order chi connectivity index (χ0) is 10.6. The average molecular weight is 192 g/mol. The van der Waals surface area contributed by atoms with Crippen molar-refractivity contribution in [2.45, 2.75) is 20.0 Å². The molecule has 0 heterocycles. The topological polar surface area (TPSA) is 29.5 Å². The summed E-state index contributed by atoms with van der Waals surface area (Å²) in [5, 5.41) is 9.31. The van der Waals surface area contributed by atoms with Gasteiger partial charge in [0.25, 0.3) is 0 Å². The zero-order valence-electron chi connectivity index (χ0n) is 8.82. The van der Waals surface area contributed by atoms with Crippen molar-refractivity contribution in [3.8, 4) is 5.75 Å². The van der Waals surface area contributed by atoms with Gasteiger partial charge in [-0.25, -0.2) is 0 Å². The Hall–Kier alpha value is -1.28. The second kappa shape index (κ2) is 4.82. The second-order valence-corrected chi connectivity index (χ2v) is 3.34. The lowest BCUT2D eigenvalue weighted by atomic mass is 10.1. The first-order chi connectivity index (χ1) is 6.63. The molecule has 0 aliphatic carbocycles. The Morgan fingerprint density at radius 3 is 2.79 bits per heavy atom. The van der Waals surface area contributed by atoms with Crippen LogP contribution in [0.1, 0.15) is 19.4 Å². The molecule has 14 heavy (non-hydrogen) atoms. The van der Waals surface area contributed by atoms with Gasteiger partial charge in [-0.05, 0) is 37.1 Å². The number of benzene rings is 1. The number of aliphatic hydroxyl groups excluding tert-OH is 1. The molecular formula is C12H16O2. The van der Waals surface area contributed by atoms with Gasteiger partial charge in [0.05, 0.1) is 13.2 Å². The summed E-state index contributed by atoms with van der Waals surface area (Å²) in [6, 6.07) is 7.75. The van der Waals surface area contributed by atoms with Crippen LogP contribution in [0, 0.1) is 0 Å². The molecule has 0 bridgehead atoms. The Kier molecular flexibility index (Phi) is 3.72. The van der Waals surface area contributed by atoms with Crippen molar-refractivity contribution in [3.63, 3.8) is 0 Å². The van der Waals surface area contributed by atoms with Gasteiger partial charge in [-0.15, -0.1) is 0 Å². The molecule has 0 radical (unpaired) electrons. The van der Waals surface area contributed by atoms with E-state index in [4.69, 9.17) is 4.74 Å². The highest BCUT2D eigenvalue weighted by Gasteiger charge is 1.98. The van der Waals surface area contributed by atoms with Crippen molar-refractivity contribution in [1.29, 1.82) is 0 Å². The van der Waals surface area contributed by atoms with E-state index in [0.717, 1.165) is 16.9 Å². The van der Waals surface area contributed by atoms with E-state index in [1.165, 1.54) is 0 Å². The van der Waals surface area contributed by atoms with E-state index in [-0.39, 0.29) is 0 Å². The Morgan fingerprint density at radius 2 is 2.21 bits per heavy atom. The Morgan fingerprint density at radius 1 is 1.50 bits per heavy atom. The van der Waals surface area contributed by atoms with Gasteiger partial charge < -0.3 is 9.84 Å². The highest BCUT2D eigenvalue weighted by molar-refractivity contribution is 5.55. The number of aliphatic hydroxyl groups is 1. The maximum absolute atomic E-state index is 9.31. The third-order valence-corrected chi connectivity index (χ3v) is 2.15. The molecule has 2 heteroatoms. The standard InChI is InChI=1S/C12H16O2/c1-9(10(2)13)7-11-5-4-6-12(8-11)14-3/h4-8,10,13H,1-3H3/b9-7-/t10-/m1/s1. The first kappa shape index (κ1) is 10.8. The van der Waals surface area contributed by atoms with Crippen LogP contribution in [-0.2, 0) is 0 Å². The summed E-state index contributed by atoms with van der Waals surface area (Å²) < 4.78 is 5.11. The molecule has 0 amide bonds. The third-order valence-electron chi connectivity index (χ3n) is 2.15. The fraction of sp³-hybridized carbons (Fsp3) is 0.333. The van der Waals surface area contributed by atoms with Crippen LogP contribution in [0.2, 0.25) is 0 Å². The fourth-order valence-corrected chi connectivity index (χ4v) is 1.11. The van der Waals surface area contributed by atoms with Crippen molar-refractivity contribution in [1.82, 2.24) is 0 Å². The molecule has 0 saturated heterocycles. The molecule has 1 aromatic rings. The summed E-state index contributed by atoms with van der Waals surface area (Å²) >= 11 is 0. The number of hydrogen-bond acceptors (Lipinski definition) is 2. The summed E-state index contributed by atoms with van der Waals surface area (Å²) in [4.78, 5) is 0. The maximum Gasteiger partial charge on any atom is 0.119 e. The lowest BCUT2D eigenvalue weighted by Crippen LogP contribution is -2.00. The van der Waals surface area contributed by atoms with Gasteiger partial charge in [-0.1, -0.05) is 18.2 Å². The highest BCUT2D eigenvalue weighted by atomic mass is 16.5. The summed E-state index contributed by atoms with van der Waals surface area (Å²) in [6.07, 6.45) is 1.55. The fourth-order valence-electron chi connectivity index (χ4n) is 1.11. The molecule has 0 aliphatic heterocycles. The monoisotopic (exact) mass is 192 g/mol. The van der Waals surface area contributed by atoms with Gasteiger partial charge in [0.2, 0.25) is 0 Å². The average Bonchev–Trinajstić information content (AvgIpc) is 2.18. The van der Waals surface area contributed by atoms with Gasteiger partial charge in [0.1, 0.15) is 5.75 Å². The molecule has 1 rings (SSSR count). The van der Waals surface area contributed by atoms with Crippen LogP contribution >= 0.6 is 0 Å². The summed E-state index contributed by atoms with van der Waals surface area (Å²) in [5.41, 5.74) is 1.99. The van der Waals surface area contributed by atoms with Crippen LogP contribution in [0.15, 0.2) is 29.8 Å². The van der Waals surface area contributed by atoms with Crippen molar-refractivity contribution in [2.24, 2.45) is 0 Å². The van der Waals surface area contributed by atoms with E-state index in [0.29, 0.717) is 0 Å². The molecule has 2 nitrogen and oxygen atoms in total. The minimum atomic E-state index is -0.402. The molecule has 1 N–H and O–H groups in total. The minimum Gasteiger partial charge on any atom is -0.497 e. The first-order valence-electron chi connectivity index (χ1n) is 4.64. The number of methoxy groups -OCH3 is 1. The maximum atomic E-state index is 9.31. The van der Waals surface area contributed by atoms with Crippen molar-refractivity contribution < 1.29 is 9.84 Å². The number of ether oxygens (including phenoxy) is 1. The molecule has 0 aliphatic rings. The number of hydrogen-bond donors (Lipinski definition) is 1. The molecule has 0 unspecified atom stereocenters. The van der Waals surface area contributed by atoms with Crippen LogP contribution in [0.5, 0.6) is 5.75 Å². The molecule has 0 aromatic heterocycles. The SMILES string of the molecule is COc1cccc(/C=C(/C)[C@@H](C)O)c1. The Labute approximate surface area is 84.8 Å². The van der Waals surface area contributed by atoms with Crippen LogP contribution in [0.25, 0.3) is 6.08 Å². The largest absolute Gasteiger partial charge is 0.497 e. The van der Waals surface area contributed by atoms with E-state index in [1.54, 1.807) is 14.0 Å². The normalized spacial score (nSPS) is 13.9. The zero-order valence-corrected chi connectivity index (χ0v) is 8.82. The van der Waals surface area contributed by atoms with Gasteiger partial charge in [0, 0.05) is 0 Å². The molecule has 0 fully saturated rings. The van der Waals surface area contributed by atoms with E-state index in [1.807, 2.05) is 37.3 Å². The summed E-state index contributed by atoms with van der Waals surface area (Å²) in [5.74, 6) is 0.831. The molecular weight excluding hydrogens is 176 g/mol. The van der Waals surface area contributed by atoms with Gasteiger partial charge >= 0.3 is 0 Å². The van der Waals surface area contributed by atoms with Crippen molar-refractivity contribution in [3.05, 3.63) is 35.4 Å². The summed E-state index contributed by atoms with van der Waals surface area (Å²) in [7, 11) is 1.64. The van der Waals surface area contributed by atoms with Crippen LogP contribution in [0.4, 0.5) is 0 Å². The minimum absolute atomic E-state index is 0.402.